The number of rotatable bonds is 3. The fourth-order valence-electron chi connectivity index (χ4n) is 4.14. The van der Waals surface area contributed by atoms with Gasteiger partial charge in [0.2, 0.25) is 0 Å². The maximum atomic E-state index is 12.9. The number of fused-ring (bicyclic) bond motifs is 3. The molecule has 0 atom stereocenters. The van der Waals surface area contributed by atoms with Crippen LogP contribution in [-0.4, -0.2) is 29.0 Å². The third-order valence-corrected chi connectivity index (χ3v) is 11.8. The Morgan fingerprint density at radius 3 is 2.55 bits per heavy atom. The summed E-state index contributed by atoms with van der Waals surface area (Å²) in [6.07, 6.45) is 6.01. The SMILES string of the molecule is CC(C)(C)[Si](C)(C)O[C@H]1CC[C@H](n2c(=O)[nH]c3cnc4ccc(Br)cc4c32)CC1. The molecule has 156 valence electrons. The third-order valence-electron chi connectivity index (χ3n) is 6.78. The second-order valence-electron chi connectivity index (χ2n) is 9.79. The second-order valence-corrected chi connectivity index (χ2v) is 15.5. The number of H-pyrrole nitrogens is 1. The van der Waals surface area contributed by atoms with E-state index in [1.807, 2.05) is 16.7 Å². The summed E-state index contributed by atoms with van der Waals surface area (Å²) in [5, 5.41) is 1.23. The van der Waals surface area contributed by atoms with E-state index < -0.39 is 8.32 Å². The van der Waals surface area contributed by atoms with Crippen molar-refractivity contribution in [1.29, 1.82) is 0 Å². The molecule has 0 unspecified atom stereocenters. The highest BCUT2D eigenvalue weighted by molar-refractivity contribution is 9.10. The van der Waals surface area contributed by atoms with E-state index in [-0.39, 0.29) is 16.8 Å². The Hall–Kier alpha value is -1.44. The van der Waals surface area contributed by atoms with Gasteiger partial charge in [-0.2, -0.15) is 0 Å². The van der Waals surface area contributed by atoms with Crippen LogP contribution in [0.3, 0.4) is 0 Å². The molecule has 1 aliphatic rings. The molecule has 0 radical (unpaired) electrons. The Morgan fingerprint density at radius 1 is 1.21 bits per heavy atom. The minimum Gasteiger partial charge on any atom is -0.414 e. The Bertz CT molecular complexity index is 1100. The van der Waals surface area contributed by atoms with Crippen molar-refractivity contribution < 1.29 is 4.43 Å². The van der Waals surface area contributed by atoms with Gasteiger partial charge in [-0.3, -0.25) is 9.55 Å². The number of nitrogens with zero attached hydrogens (tertiary/aromatic N) is 2. The average Bonchev–Trinajstić information content (AvgIpc) is 2.97. The molecular formula is C22H30BrN3O2Si. The average molecular weight is 476 g/mol. The van der Waals surface area contributed by atoms with Gasteiger partial charge in [-0.05, 0) is 62.0 Å². The number of halogens is 1. The number of aromatic amines is 1. The first-order chi connectivity index (χ1) is 13.6. The van der Waals surface area contributed by atoms with Crippen molar-refractivity contribution in [3.8, 4) is 0 Å². The molecule has 0 bridgehead atoms. The lowest BCUT2D eigenvalue weighted by atomic mass is 9.93. The molecule has 7 heteroatoms. The first-order valence-electron chi connectivity index (χ1n) is 10.4. The van der Waals surface area contributed by atoms with Crippen molar-refractivity contribution in [3.05, 3.63) is 39.4 Å². The summed E-state index contributed by atoms with van der Waals surface area (Å²) in [6, 6.07) is 6.23. The fourth-order valence-corrected chi connectivity index (χ4v) is 5.93. The number of hydrogen-bond acceptors (Lipinski definition) is 3. The van der Waals surface area contributed by atoms with E-state index in [0.29, 0.717) is 6.10 Å². The highest BCUT2D eigenvalue weighted by Gasteiger charge is 2.40. The van der Waals surface area contributed by atoms with Crippen LogP contribution in [0.15, 0.2) is 33.7 Å². The van der Waals surface area contributed by atoms with E-state index >= 15 is 0 Å². The predicted octanol–water partition coefficient (Wildman–Crippen LogP) is 6.15. The number of pyridine rings is 1. The van der Waals surface area contributed by atoms with Crippen LogP contribution < -0.4 is 5.69 Å². The van der Waals surface area contributed by atoms with Crippen LogP contribution in [0.2, 0.25) is 18.1 Å². The van der Waals surface area contributed by atoms with Gasteiger partial charge >= 0.3 is 5.69 Å². The standard InChI is InChI=1S/C22H30BrN3O2Si/c1-22(2,3)29(4,5)28-16-9-7-15(8-10-16)26-20-17-12-14(23)6-11-18(17)24-13-19(20)25-21(26)27/h6,11-13,15-16H,7-10H2,1-5H3,(H,25,27)/t15-,16-. The lowest BCUT2D eigenvalue weighted by Crippen LogP contribution is -2.45. The number of hydrogen-bond donors (Lipinski definition) is 1. The van der Waals surface area contributed by atoms with E-state index in [1.165, 1.54) is 0 Å². The molecule has 0 aliphatic heterocycles. The summed E-state index contributed by atoms with van der Waals surface area (Å²) in [6.45, 7) is 11.5. The quantitative estimate of drug-likeness (QED) is 0.462. The zero-order valence-electron chi connectivity index (χ0n) is 17.9. The summed E-state index contributed by atoms with van der Waals surface area (Å²) in [5.41, 5.74) is 2.64. The van der Waals surface area contributed by atoms with Crippen LogP contribution in [0.5, 0.6) is 0 Å². The number of aromatic nitrogens is 3. The maximum Gasteiger partial charge on any atom is 0.326 e. The van der Waals surface area contributed by atoms with Crippen molar-refractivity contribution in [2.45, 2.75) is 76.7 Å². The molecule has 0 amide bonds. The predicted molar refractivity (Wildman–Crippen MR) is 125 cm³/mol. The second kappa shape index (κ2) is 7.36. The van der Waals surface area contributed by atoms with Gasteiger partial charge in [0.05, 0.1) is 22.7 Å². The van der Waals surface area contributed by atoms with Crippen LogP contribution >= 0.6 is 15.9 Å². The number of benzene rings is 1. The first-order valence-corrected chi connectivity index (χ1v) is 14.1. The topological polar surface area (TPSA) is 59.9 Å². The molecule has 1 aliphatic carbocycles. The minimum atomic E-state index is -1.77. The number of nitrogens with one attached hydrogen (secondary N) is 1. The van der Waals surface area contributed by atoms with E-state index in [1.54, 1.807) is 6.20 Å². The van der Waals surface area contributed by atoms with Crippen molar-refractivity contribution in [3.63, 3.8) is 0 Å². The Balaban J connectivity index is 1.63. The van der Waals surface area contributed by atoms with Crippen LogP contribution in [0.4, 0.5) is 0 Å². The van der Waals surface area contributed by atoms with Gasteiger partial charge in [0, 0.05) is 22.0 Å². The van der Waals surface area contributed by atoms with Crippen LogP contribution in [-0.2, 0) is 4.43 Å². The smallest absolute Gasteiger partial charge is 0.326 e. The molecule has 2 aromatic heterocycles. The Labute approximate surface area is 181 Å². The van der Waals surface area contributed by atoms with Crippen molar-refractivity contribution in [1.82, 2.24) is 14.5 Å². The van der Waals surface area contributed by atoms with Gasteiger partial charge in [-0.25, -0.2) is 4.79 Å². The highest BCUT2D eigenvalue weighted by atomic mass is 79.9. The van der Waals surface area contributed by atoms with E-state index in [0.717, 1.165) is 52.1 Å². The molecule has 29 heavy (non-hydrogen) atoms. The summed E-state index contributed by atoms with van der Waals surface area (Å²) in [7, 11) is -1.77. The van der Waals surface area contributed by atoms with E-state index in [2.05, 4.69) is 65.8 Å². The largest absolute Gasteiger partial charge is 0.414 e. The lowest BCUT2D eigenvalue weighted by molar-refractivity contribution is 0.118. The van der Waals surface area contributed by atoms with Crippen LogP contribution in [0, 0.1) is 0 Å². The summed E-state index contributed by atoms with van der Waals surface area (Å²) < 4.78 is 9.60. The zero-order valence-corrected chi connectivity index (χ0v) is 20.5. The molecule has 1 saturated carbocycles. The number of imidazole rings is 1. The third kappa shape index (κ3) is 3.84. The molecule has 0 saturated heterocycles. The molecule has 4 rings (SSSR count). The van der Waals surface area contributed by atoms with Crippen molar-refractivity contribution in [2.75, 3.05) is 0 Å². The maximum absolute atomic E-state index is 12.9. The molecule has 5 nitrogen and oxygen atoms in total. The monoisotopic (exact) mass is 475 g/mol. The lowest BCUT2D eigenvalue weighted by Gasteiger charge is -2.41. The van der Waals surface area contributed by atoms with Gasteiger partial charge in [-0.1, -0.05) is 36.7 Å². The van der Waals surface area contributed by atoms with Crippen LogP contribution in [0.1, 0.15) is 52.5 Å². The molecule has 1 aromatic carbocycles. The van der Waals surface area contributed by atoms with Gasteiger partial charge in [0.25, 0.3) is 0 Å². The first kappa shape index (κ1) is 20.8. The van der Waals surface area contributed by atoms with E-state index in [4.69, 9.17) is 4.43 Å². The molecule has 3 aromatic rings. The van der Waals surface area contributed by atoms with Gasteiger partial charge in [-0.15, -0.1) is 0 Å². The Kier molecular flexibility index (Phi) is 5.28. The molecular weight excluding hydrogens is 446 g/mol. The van der Waals surface area contributed by atoms with Gasteiger partial charge < -0.3 is 9.41 Å². The van der Waals surface area contributed by atoms with Crippen molar-refractivity contribution in [2.24, 2.45) is 0 Å². The normalized spacial score (nSPS) is 21.2. The van der Waals surface area contributed by atoms with Crippen LogP contribution in [0.25, 0.3) is 21.9 Å². The molecule has 0 spiro atoms. The van der Waals surface area contributed by atoms with Gasteiger partial charge in [0.15, 0.2) is 8.32 Å². The molecule has 1 N–H and O–H groups in total. The van der Waals surface area contributed by atoms with Crippen molar-refractivity contribution >= 4 is 46.2 Å². The minimum absolute atomic E-state index is 0.0389. The fraction of sp³-hybridized carbons (Fsp3) is 0.545. The highest BCUT2D eigenvalue weighted by Crippen LogP contribution is 2.40. The summed E-state index contributed by atoms with van der Waals surface area (Å²) >= 11 is 3.56. The molecule has 1 fully saturated rings. The summed E-state index contributed by atoms with van der Waals surface area (Å²) in [5.74, 6) is 0. The summed E-state index contributed by atoms with van der Waals surface area (Å²) in [4.78, 5) is 20.4. The Morgan fingerprint density at radius 2 is 1.90 bits per heavy atom. The zero-order chi connectivity index (χ0) is 21.0. The molecule has 2 heterocycles. The van der Waals surface area contributed by atoms with E-state index in [9.17, 15) is 4.79 Å². The van der Waals surface area contributed by atoms with Gasteiger partial charge in [0.1, 0.15) is 0 Å².